The van der Waals surface area contributed by atoms with Crippen LogP contribution in [0.1, 0.15) is 44.9 Å². The molecule has 7 heteroatoms. The smallest absolute Gasteiger partial charge is 0.344 e. The highest BCUT2D eigenvalue weighted by atomic mass is 16.6. The van der Waals surface area contributed by atoms with Crippen molar-refractivity contribution in [3.63, 3.8) is 0 Å². The Balaban J connectivity index is 1.07. The Labute approximate surface area is 163 Å². The molecule has 0 aromatic carbocycles. The summed E-state index contributed by atoms with van der Waals surface area (Å²) in [7, 11) is 0. The fourth-order valence-corrected chi connectivity index (χ4v) is 7.78. The summed E-state index contributed by atoms with van der Waals surface area (Å²) in [5.74, 6) is 0.160. The molecule has 1 heterocycles. The first-order valence-corrected chi connectivity index (χ1v) is 10.7. The second-order valence-electron chi connectivity index (χ2n) is 10.2. The van der Waals surface area contributed by atoms with Gasteiger partial charge in [-0.1, -0.05) is 0 Å². The quantitative estimate of drug-likeness (QED) is 0.569. The molecule has 7 rings (SSSR count). The molecule has 7 unspecified atom stereocenters. The number of hydrogen-bond acceptors (Lipinski definition) is 7. The van der Waals surface area contributed by atoms with Crippen LogP contribution in [0.3, 0.4) is 0 Å². The lowest BCUT2D eigenvalue weighted by molar-refractivity contribution is -0.189. The summed E-state index contributed by atoms with van der Waals surface area (Å²) in [5, 5.41) is 10.4. The Bertz CT molecular complexity index is 731. The minimum absolute atomic E-state index is 0.0192. The fraction of sp³-hybridized carbons (Fsp3) is 0.857. The number of ether oxygens (including phenoxy) is 3. The monoisotopic (exact) mass is 390 g/mol. The largest absolute Gasteiger partial charge is 0.458 e. The molecule has 6 saturated carbocycles. The van der Waals surface area contributed by atoms with Crippen LogP contribution in [0, 0.1) is 40.9 Å². The molecule has 28 heavy (non-hydrogen) atoms. The van der Waals surface area contributed by atoms with Crippen LogP contribution < -0.4 is 0 Å². The average Bonchev–Trinajstić information content (AvgIpc) is 3.28. The summed E-state index contributed by atoms with van der Waals surface area (Å²) in [6.07, 6.45) is 4.74. The van der Waals surface area contributed by atoms with Crippen molar-refractivity contribution in [1.29, 1.82) is 0 Å². The van der Waals surface area contributed by atoms with Crippen LogP contribution in [0.4, 0.5) is 0 Å². The van der Waals surface area contributed by atoms with Gasteiger partial charge >= 0.3 is 17.9 Å². The number of esters is 3. The molecule has 6 aliphatic carbocycles. The van der Waals surface area contributed by atoms with E-state index in [-0.39, 0.29) is 60.3 Å². The number of aliphatic hydroxyl groups excluding tert-OH is 1. The van der Waals surface area contributed by atoms with Crippen LogP contribution >= 0.6 is 0 Å². The Kier molecular flexibility index (Phi) is 3.52. The normalized spacial score (nSPS) is 52.0. The zero-order valence-corrected chi connectivity index (χ0v) is 15.7. The van der Waals surface area contributed by atoms with Crippen LogP contribution in [0.25, 0.3) is 0 Å². The predicted molar refractivity (Wildman–Crippen MR) is 92.4 cm³/mol. The van der Waals surface area contributed by atoms with Gasteiger partial charge in [-0.05, 0) is 62.7 Å². The second-order valence-corrected chi connectivity index (χ2v) is 10.2. The number of hydrogen-bond donors (Lipinski definition) is 1. The van der Waals surface area contributed by atoms with Gasteiger partial charge in [0, 0.05) is 11.8 Å². The molecule has 0 radical (unpaired) electrons. The van der Waals surface area contributed by atoms with Crippen LogP contribution in [-0.4, -0.2) is 47.9 Å². The van der Waals surface area contributed by atoms with E-state index in [1.54, 1.807) is 0 Å². The summed E-state index contributed by atoms with van der Waals surface area (Å²) in [6.45, 7) is -0.388. The molecule has 0 aromatic rings. The lowest BCUT2D eigenvalue weighted by Crippen LogP contribution is -2.56. The number of aliphatic hydroxyl groups is 1. The molecule has 0 spiro atoms. The molecule has 7 fully saturated rings. The van der Waals surface area contributed by atoms with Crippen LogP contribution in [0.5, 0.6) is 0 Å². The second kappa shape index (κ2) is 5.71. The highest BCUT2D eigenvalue weighted by Gasteiger charge is 2.63. The number of fused-ring (bicyclic) bond motifs is 1. The van der Waals surface area contributed by atoms with E-state index in [0.717, 1.165) is 32.1 Å². The molecule has 0 aromatic heterocycles. The van der Waals surface area contributed by atoms with Crippen molar-refractivity contribution in [2.45, 2.75) is 63.3 Å². The zero-order valence-electron chi connectivity index (χ0n) is 15.7. The summed E-state index contributed by atoms with van der Waals surface area (Å²) in [5.41, 5.74) is -0.531. The van der Waals surface area contributed by atoms with Crippen molar-refractivity contribution in [3.8, 4) is 0 Å². The SMILES string of the molecule is O=C(COC(=O)C12CC3CC(C1)C(O)C(C3)C2)OC1C2CC3C(=O)OC1C3C2. The van der Waals surface area contributed by atoms with Crippen LogP contribution in [-0.2, 0) is 28.6 Å². The van der Waals surface area contributed by atoms with Crippen molar-refractivity contribution in [1.82, 2.24) is 0 Å². The van der Waals surface area contributed by atoms with Gasteiger partial charge in [-0.2, -0.15) is 0 Å². The van der Waals surface area contributed by atoms with Gasteiger partial charge in [0.1, 0.15) is 12.2 Å². The van der Waals surface area contributed by atoms with Gasteiger partial charge in [0.05, 0.1) is 17.4 Å². The van der Waals surface area contributed by atoms with Crippen LogP contribution in [0.2, 0.25) is 0 Å². The molecule has 152 valence electrons. The van der Waals surface area contributed by atoms with Crippen molar-refractivity contribution < 1.29 is 33.7 Å². The van der Waals surface area contributed by atoms with E-state index in [0.29, 0.717) is 18.8 Å². The first-order valence-electron chi connectivity index (χ1n) is 10.7. The molecule has 7 atom stereocenters. The standard InChI is InChI=1S/C21H26O7/c22-15(27-17-10-3-13-14(4-10)19(24)28-18(13)17)8-26-20(25)21-5-9-1-11(6-21)16(23)12(2-9)7-21/h9-14,16-18,23H,1-8H2. The van der Waals surface area contributed by atoms with E-state index in [1.807, 2.05) is 0 Å². The molecule has 1 aliphatic heterocycles. The molecular formula is C21H26O7. The minimum atomic E-state index is -0.560. The van der Waals surface area contributed by atoms with E-state index in [9.17, 15) is 19.5 Å². The molecule has 1 saturated heterocycles. The zero-order chi connectivity index (χ0) is 19.2. The predicted octanol–water partition coefficient (Wildman–Crippen LogP) is 1.21. The van der Waals surface area contributed by atoms with Gasteiger partial charge in [-0.15, -0.1) is 0 Å². The maximum atomic E-state index is 12.9. The highest BCUT2D eigenvalue weighted by molar-refractivity contribution is 5.81. The number of rotatable bonds is 4. The summed E-state index contributed by atoms with van der Waals surface area (Å²) < 4.78 is 16.4. The summed E-state index contributed by atoms with van der Waals surface area (Å²) in [6, 6.07) is 0. The third-order valence-electron chi connectivity index (χ3n) is 8.66. The van der Waals surface area contributed by atoms with Gasteiger partial charge in [0.15, 0.2) is 6.61 Å². The Morgan fingerprint density at radius 1 is 1.07 bits per heavy atom. The first kappa shape index (κ1) is 17.2. The minimum Gasteiger partial charge on any atom is -0.458 e. The van der Waals surface area contributed by atoms with Gasteiger partial charge in [0.25, 0.3) is 0 Å². The van der Waals surface area contributed by atoms with Crippen LogP contribution in [0.15, 0.2) is 0 Å². The molecule has 7 nitrogen and oxygen atoms in total. The van der Waals surface area contributed by atoms with Gasteiger partial charge < -0.3 is 19.3 Å². The van der Waals surface area contributed by atoms with E-state index in [1.165, 1.54) is 0 Å². The fourth-order valence-electron chi connectivity index (χ4n) is 7.78. The first-order chi connectivity index (χ1) is 13.4. The van der Waals surface area contributed by atoms with Crippen molar-refractivity contribution in [2.75, 3.05) is 6.61 Å². The average molecular weight is 390 g/mol. The van der Waals surface area contributed by atoms with E-state index in [2.05, 4.69) is 0 Å². The van der Waals surface area contributed by atoms with Crippen molar-refractivity contribution in [2.24, 2.45) is 40.9 Å². The van der Waals surface area contributed by atoms with Crippen molar-refractivity contribution in [3.05, 3.63) is 0 Å². The lowest BCUT2D eigenvalue weighted by atomic mass is 9.48. The molecule has 1 N–H and O–H groups in total. The molecule has 0 amide bonds. The van der Waals surface area contributed by atoms with Crippen molar-refractivity contribution >= 4 is 17.9 Å². The van der Waals surface area contributed by atoms with Gasteiger partial charge in [-0.3, -0.25) is 9.59 Å². The third kappa shape index (κ3) is 2.28. The Morgan fingerprint density at radius 2 is 1.82 bits per heavy atom. The molecule has 7 aliphatic rings. The maximum Gasteiger partial charge on any atom is 0.344 e. The molecule has 6 bridgehead atoms. The topological polar surface area (TPSA) is 99.1 Å². The number of carbonyl (C=O) groups excluding carboxylic acids is 3. The number of carbonyl (C=O) groups is 3. The Morgan fingerprint density at radius 3 is 2.57 bits per heavy atom. The lowest BCUT2D eigenvalue weighted by Gasteiger charge is -2.57. The Hall–Kier alpha value is -1.63. The third-order valence-corrected chi connectivity index (χ3v) is 8.66. The van der Waals surface area contributed by atoms with Gasteiger partial charge in [-0.25, -0.2) is 4.79 Å². The van der Waals surface area contributed by atoms with E-state index in [4.69, 9.17) is 14.2 Å². The van der Waals surface area contributed by atoms with Gasteiger partial charge in [0.2, 0.25) is 0 Å². The summed E-state index contributed by atoms with van der Waals surface area (Å²) >= 11 is 0. The summed E-state index contributed by atoms with van der Waals surface area (Å²) in [4.78, 5) is 37.0. The van der Waals surface area contributed by atoms with E-state index >= 15 is 0 Å². The highest BCUT2D eigenvalue weighted by Crippen LogP contribution is 2.60. The maximum absolute atomic E-state index is 12.9. The molecular weight excluding hydrogens is 364 g/mol. The van der Waals surface area contributed by atoms with E-state index < -0.39 is 17.5 Å².